The second kappa shape index (κ2) is 5.78. The lowest BCUT2D eigenvalue weighted by Crippen LogP contribution is -2.14. The number of benzene rings is 2. The van der Waals surface area contributed by atoms with E-state index in [1.807, 2.05) is 12.1 Å². The number of aromatic nitrogens is 1. The molecular weight excluding hydrogens is 318 g/mol. The fourth-order valence-electron chi connectivity index (χ4n) is 3.32. The zero-order chi connectivity index (χ0) is 17.6. The summed E-state index contributed by atoms with van der Waals surface area (Å²) in [4.78, 5) is 15.9. The number of hydrogen-bond donors (Lipinski definition) is 1. The highest BCUT2D eigenvalue weighted by molar-refractivity contribution is 6.35. The van der Waals surface area contributed by atoms with Crippen molar-refractivity contribution in [3.63, 3.8) is 0 Å². The number of fused-ring (bicyclic) bond motifs is 1. The highest BCUT2D eigenvalue weighted by Gasteiger charge is 2.18. The minimum absolute atomic E-state index is 0.0544. The molecule has 124 valence electrons. The van der Waals surface area contributed by atoms with E-state index in [0.717, 1.165) is 22.3 Å². The van der Waals surface area contributed by atoms with Gasteiger partial charge in [0.25, 0.3) is 0 Å². The Bertz CT molecular complexity index is 993. The lowest BCUT2D eigenvalue weighted by atomic mass is 9.82. The third kappa shape index (κ3) is 2.87. The molecule has 0 fully saturated rings. The topological polar surface area (TPSA) is 32.9 Å². The second-order valence-electron chi connectivity index (χ2n) is 7.44. The van der Waals surface area contributed by atoms with E-state index < -0.39 is 0 Å². The molecule has 1 heterocycles. The molecule has 0 aliphatic rings. The average Bonchev–Trinajstić information content (AvgIpc) is 2.47. The smallest absolute Gasteiger partial charge is 0.191 e. The molecule has 2 nitrogen and oxygen atoms in total. The summed E-state index contributed by atoms with van der Waals surface area (Å²) in [5.41, 5.74) is 6.41. The van der Waals surface area contributed by atoms with Crippen LogP contribution in [-0.4, -0.2) is 4.98 Å². The first kappa shape index (κ1) is 16.8. The summed E-state index contributed by atoms with van der Waals surface area (Å²) in [5, 5.41) is 1.03. The van der Waals surface area contributed by atoms with Gasteiger partial charge in [-0.05, 0) is 54.2 Å². The molecule has 0 aliphatic heterocycles. The van der Waals surface area contributed by atoms with E-state index >= 15 is 0 Å². The summed E-state index contributed by atoms with van der Waals surface area (Å²) >= 11 is 6.17. The third-order valence-corrected chi connectivity index (χ3v) is 4.79. The Kier molecular flexibility index (Phi) is 4.05. The van der Waals surface area contributed by atoms with E-state index in [1.54, 1.807) is 12.1 Å². The highest BCUT2D eigenvalue weighted by atomic mass is 35.5. The van der Waals surface area contributed by atoms with Crippen molar-refractivity contribution >= 4 is 22.5 Å². The van der Waals surface area contributed by atoms with Crippen molar-refractivity contribution < 1.29 is 0 Å². The maximum Gasteiger partial charge on any atom is 0.191 e. The number of pyridine rings is 1. The van der Waals surface area contributed by atoms with Gasteiger partial charge in [0.15, 0.2) is 5.43 Å². The Morgan fingerprint density at radius 3 is 2.38 bits per heavy atom. The molecule has 1 aromatic heterocycles. The van der Waals surface area contributed by atoms with Gasteiger partial charge in [0.2, 0.25) is 0 Å². The van der Waals surface area contributed by atoms with Crippen molar-refractivity contribution in [2.75, 3.05) is 0 Å². The van der Waals surface area contributed by atoms with Crippen molar-refractivity contribution in [2.24, 2.45) is 0 Å². The monoisotopic (exact) mass is 339 g/mol. The molecule has 0 atom stereocenters. The van der Waals surface area contributed by atoms with E-state index in [1.165, 1.54) is 11.1 Å². The Morgan fingerprint density at radius 2 is 1.71 bits per heavy atom. The Morgan fingerprint density at radius 1 is 1.00 bits per heavy atom. The molecule has 0 bridgehead atoms. The fourth-order valence-corrected chi connectivity index (χ4v) is 3.59. The van der Waals surface area contributed by atoms with Crippen LogP contribution in [0.1, 0.15) is 37.5 Å². The number of nitrogens with one attached hydrogen (secondary N) is 1. The maximum atomic E-state index is 12.5. The summed E-state index contributed by atoms with van der Waals surface area (Å²) in [6.45, 7) is 10.9. The molecule has 0 radical (unpaired) electrons. The number of H-pyrrole nitrogens is 1. The maximum absolute atomic E-state index is 12.5. The van der Waals surface area contributed by atoms with Gasteiger partial charge in [-0.15, -0.1) is 0 Å². The van der Waals surface area contributed by atoms with Crippen LogP contribution in [-0.2, 0) is 5.41 Å². The van der Waals surface area contributed by atoms with Crippen LogP contribution in [0.2, 0.25) is 5.02 Å². The van der Waals surface area contributed by atoms with E-state index in [-0.39, 0.29) is 10.8 Å². The highest BCUT2D eigenvalue weighted by Crippen LogP contribution is 2.32. The number of rotatable bonds is 1. The van der Waals surface area contributed by atoms with Crippen molar-refractivity contribution in [2.45, 2.75) is 40.0 Å². The van der Waals surface area contributed by atoms with Gasteiger partial charge < -0.3 is 4.98 Å². The first-order chi connectivity index (χ1) is 11.2. The van der Waals surface area contributed by atoms with E-state index in [4.69, 9.17) is 11.6 Å². The van der Waals surface area contributed by atoms with Crippen LogP contribution in [0.4, 0.5) is 0 Å². The first-order valence-electron chi connectivity index (χ1n) is 8.12. The number of hydrogen-bond acceptors (Lipinski definition) is 1. The summed E-state index contributed by atoms with van der Waals surface area (Å²) in [5.74, 6) is 0. The lowest BCUT2D eigenvalue weighted by molar-refractivity contribution is 0.585. The Balaban J connectivity index is 2.25. The molecule has 0 spiro atoms. The normalized spacial score (nSPS) is 11.9. The molecule has 24 heavy (non-hydrogen) atoms. The van der Waals surface area contributed by atoms with E-state index in [2.05, 4.69) is 51.7 Å². The van der Waals surface area contributed by atoms with Gasteiger partial charge in [-0.1, -0.05) is 44.5 Å². The number of aromatic amines is 1. The Hall–Kier alpha value is -2.06. The lowest BCUT2D eigenvalue weighted by Gasteiger charge is -2.23. The zero-order valence-electron chi connectivity index (χ0n) is 14.8. The molecule has 3 heteroatoms. The van der Waals surface area contributed by atoms with Crippen LogP contribution in [0.3, 0.4) is 0 Å². The molecule has 0 unspecified atom stereocenters. The minimum atomic E-state index is -0.0544. The predicted octanol–water partition coefficient (Wildman–Crippen LogP) is 5.76. The van der Waals surface area contributed by atoms with E-state index in [0.29, 0.717) is 10.4 Å². The van der Waals surface area contributed by atoms with Gasteiger partial charge in [-0.3, -0.25) is 4.79 Å². The second-order valence-corrected chi connectivity index (χ2v) is 7.85. The third-order valence-electron chi connectivity index (χ3n) is 4.47. The largest absolute Gasteiger partial charge is 0.354 e. The van der Waals surface area contributed by atoms with Crippen LogP contribution in [0, 0.1) is 13.8 Å². The predicted molar refractivity (Wildman–Crippen MR) is 103 cm³/mol. The van der Waals surface area contributed by atoms with Crippen LogP contribution in [0.15, 0.2) is 41.2 Å². The van der Waals surface area contributed by atoms with Gasteiger partial charge in [0, 0.05) is 17.3 Å². The Labute approximate surface area is 147 Å². The van der Waals surface area contributed by atoms with Crippen molar-refractivity contribution in [1.82, 2.24) is 4.98 Å². The molecule has 0 saturated carbocycles. The molecule has 1 N–H and O–H groups in total. The fraction of sp³-hybridized carbons (Fsp3) is 0.286. The summed E-state index contributed by atoms with van der Waals surface area (Å²) in [6.07, 6.45) is 0. The molecule has 0 aliphatic carbocycles. The summed E-state index contributed by atoms with van der Waals surface area (Å²) in [7, 11) is 0. The summed E-state index contributed by atoms with van der Waals surface area (Å²) in [6, 6.07) is 11.5. The van der Waals surface area contributed by atoms with Gasteiger partial charge in [-0.25, -0.2) is 0 Å². The molecule has 0 amide bonds. The van der Waals surface area contributed by atoms with Crippen LogP contribution < -0.4 is 5.43 Å². The van der Waals surface area contributed by atoms with E-state index in [9.17, 15) is 4.79 Å². The van der Waals surface area contributed by atoms with Crippen LogP contribution >= 0.6 is 11.6 Å². The average molecular weight is 340 g/mol. The number of aryl methyl sites for hydroxylation is 2. The molecule has 3 aromatic rings. The van der Waals surface area contributed by atoms with Crippen molar-refractivity contribution in [3.05, 3.63) is 68.3 Å². The number of halogens is 1. The summed E-state index contributed by atoms with van der Waals surface area (Å²) < 4.78 is 0. The zero-order valence-corrected chi connectivity index (χ0v) is 15.5. The van der Waals surface area contributed by atoms with Crippen LogP contribution in [0.5, 0.6) is 0 Å². The molecule has 3 rings (SSSR count). The molecule has 0 saturated heterocycles. The standard InChI is InChI=1S/C21H22ClNO/c1-12-10-15(21(3,4)5)13(2)9-14(12)18-11-19(24)20-16(22)7-6-8-17(20)23-18/h6-11H,1-5H3,(H,23,24). The van der Waals surface area contributed by atoms with Gasteiger partial charge in [0.05, 0.1) is 15.9 Å². The van der Waals surface area contributed by atoms with Crippen molar-refractivity contribution in [1.29, 1.82) is 0 Å². The van der Waals surface area contributed by atoms with Gasteiger partial charge >= 0.3 is 0 Å². The quantitative estimate of drug-likeness (QED) is 0.600. The molecule has 2 aromatic carbocycles. The van der Waals surface area contributed by atoms with Crippen LogP contribution in [0.25, 0.3) is 22.2 Å². The first-order valence-corrected chi connectivity index (χ1v) is 8.50. The molecular formula is C21H22ClNO. The van der Waals surface area contributed by atoms with Gasteiger partial charge in [-0.2, -0.15) is 0 Å². The van der Waals surface area contributed by atoms with Gasteiger partial charge in [0.1, 0.15) is 0 Å². The SMILES string of the molecule is Cc1cc(C(C)(C)C)c(C)cc1-c1cc(=O)c2c(Cl)cccc2[nH]1. The van der Waals surface area contributed by atoms with Crippen molar-refractivity contribution in [3.8, 4) is 11.3 Å². The minimum Gasteiger partial charge on any atom is -0.354 e.